The van der Waals surface area contributed by atoms with Crippen LogP contribution >= 0.6 is 11.3 Å². The van der Waals surface area contributed by atoms with Gasteiger partial charge in [-0.3, -0.25) is 14.2 Å². The fourth-order valence-electron chi connectivity index (χ4n) is 3.37. The third-order valence-corrected chi connectivity index (χ3v) is 6.13. The second kappa shape index (κ2) is 6.74. The Labute approximate surface area is 160 Å². The van der Waals surface area contributed by atoms with Crippen molar-refractivity contribution >= 4 is 31.6 Å². The Morgan fingerprint density at radius 2 is 1.78 bits per heavy atom. The Bertz CT molecular complexity index is 1290. The maximum absolute atomic E-state index is 13.4. The molecule has 0 fully saturated rings. The van der Waals surface area contributed by atoms with Crippen LogP contribution in [0.5, 0.6) is 0 Å². The number of aryl methyl sites for hydroxylation is 1. The van der Waals surface area contributed by atoms with Crippen molar-refractivity contribution in [1.82, 2.24) is 9.55 Å². The summed E-state index contributed by atoms with van der Waals surface area (Å²) in [5.74, 6) is 0.630. The molecule has 0 radical (unpaired) electrons. The number of rotatable bonds is 3. The number of nitrogens with zero attached hydrogens (tertiary/aromatic N) is 2. The van der Waals surface area contributed by atoms with Gasteiger partial charge < -0.3 is 0 Å². The molecule has 0 unspecified atom stereocenters. The second-order valence-electron chi connectivity index (χ2n) is 6.79. The van der Waals surface area contributed by atoms with E-state index in [1.165, 1.54) is 11.3 Å². The molecular weight excluding hydrogens is 356 g/mol. The van der Waals surface area contributed by atoms with Crippen LogP contribution in [0, 0.1) is 6.92 Å². The Balaban J connectivity index is 2.21. The van der Waals surface area contributed by atoms with Crippen LogP contribution in [0.15, 0.2) is 58.1 Å². The molecule has 0 amide bonds. The largest absolute Gasteiger partial charge is 0.289 e. The van der Waals surface area contributed by atoms with Crippen molar-refractivity contribution in [3.05, 3.63) is 74.7 Å². The minimum absolute atomic E-state index is 0.0557. The van der Waals surface area contributed by atoms with Crippen molar-refractivity contribution in [3.8, 4) is 11.4 Å². The molecule has 0 N–H and O–H groups in total. The van der Waals surface area contributed by atoms with Crippen molar-refractivity contribution in [1.29, 1.82) is 0 Å². The van der Waals surface area contributed by atoms with Crippen molar-refractivity contribution in [2.24, 2.45) is 0 Å². The third-order valence-electron chi connectivity index (χ3n) is 5.07. The first kappa shape index (κ1) is 17.6. The first-order chi connectivity index (χ1) is 13.0. The van der Waals surface area contributed by atoms with Crippen molar-refractivity contribution < 1.29 is 0 Å². The maximum atomic E-state index is 13.4. The number of hydrogen-bond donors (Lipinski definition) is 0. The van der Waals surface area contributed by atoms with E-state index in [1.807, 2.05) is 63.2 Å². The Morgan fingerprint density at radius 3 is 2.52 bits per heavy atom. The zero-order chi connectivity index (χ0) is 19.1. The van der Waals surface area contributed by atoms with E-state index in [-0.39, 0.29) is 22.4 Å². The lowest BCUT2D eigenvalue weighted by atomic mass is 10.1. The van der Waals surface area contributed by atoms with E-state index in [9.17, 15) is 9.59 Å². The van der Waals surface area contributed by atoms with E-state index < -0.39 is 0 Å². The zero-order valence-corrected chi connectivity index (χ0v) is 16.3. The molecule has 2 aromatic carbocycles. The van der Waals surface area contributed by atoms with Crippen LogP contribution in [-0.4, -0.2) is 9.55 Å². The highest BCUT2D eigenvalue weighted by Gasteiger charge is 2.20. The number of fused-ring (bicyclic) bond motifs is 2. The summed E-state index contributed by atoms with van der Waals surface area (Å²) in [4.78, 5) is 31.8. The van der Waals surface area contributed by atoms with E-state index in [0.29, 0.717) is 16.0 Å². The quantitative estimate of drug-likeness (QED) is 0.477. The first-order valence-electron chi connectivity index (χ1n) is 9.07. The van der Waals surface area contributed by atoms with Gasteiger partial charge in [-0.25, -0.2) is 4.98 Å². The average molecular weight is 376 g/mol. The molecule has 0 aliphatic rings. The standard InChI is InChI=1S/C22H20N2O2S/c1-4-14(3)24-20(15-10-6-5-9-13(15)2)23-21-18(22(24)26)19(25)16-11-7-8-12-17(16)27-21/h5-12,14H,4H2,1-3H3/t14-/m1/s1. The molecule has 0 aliphatic carbocycles. The van der Waals surface area contributed by atoms with Crippen LogP contribution in [0.25, 0.3) is 31.7 Å². The van der Waals surface area contributed by atoms with Crippen LogP contribution in [0.4, 0.5) is 0 Å². The monoisotopic (exact) mass is 376 g/mol. The maximum Gasteiger partial charge on any atom is 0.266 e. The van der Waals surface area contributed by atoms with Crippen molar-refractivity contribution in [2.75, 3.05) is 0 Å². The summed E-state index contributed by atoms with van der Waals surface area (Å²) < 4.78 is 2.53. The van der Waals surface area contributed by atoms with E-state index in [2.05, 4.69) is 0 Å². The van der Waals surface area contributed by atoms with Crippen LogP contribution in [0.1, 0.15) is 31.9 Å². The van der Waals surface area contributed by atoms with E-state index in [1.54, 1.807) is 10.6 Å². The molecule has 27 heavy (non-hydrogen) atoms. The Morgan fingerprint density at radius 1 is 1.07 bits per heavy atom. The molecule has 0 spiro atoms. The average Bonchev–Trinajstić information content (AvgIpc) is 2.67. The topological polar surface area (TPSA) is 52.0 Å². The minimum Gasteiger partial charge on any atom is -0.289 e. The fourth-order valence-corrected chi connectivity index (χ4v) is 4.41. The lowest BCUT2D eigenvalue weighted by molar-refractivity contribution is 0.517. The molecule has 4 aromatic rings. The van der Waals surface area contributed by atoms with Gasteiger partial charge in [0.15, 0.2) is 0 Å². The van der Waals surface area contributed by atoms with Gasteiger partial charge in [0.2, 0.25) is 5.43 Å². The van der Waals surface area contributed by atoms with E-state index >= 15 is 0 Å². The Kier molecular flexibility index (Phi) is 4.40. The van der Waals surface area contributed by atoms with Gasteiger partial charge in [-0.2, -0.15) is 0 Å². The minimum atomic E-state index is -0.250. The van der Waals surface area contributed by atoms with Gasteiger partial charge in [-0.1, -0.05) is 43.3 Å². The lowest BCUT2D eigenvalue weighted by Gasteiger charge is -2.19. The summed E-state index contributed by atoms with van der Waals surface area (Å²) in [6.07, 6.45) is 0.775. The normalized spacial score (nSPS) is 12.6. The fraction of sp³-hybridized carbons (Fsp3) is 0.227. The molecule has 0 saturated heterocycles. The molecule has 136 valence electrons. The summed E-state index contributed by atoms with van der Waals surface area (Å²) >= 11 is 1.40. The molecule has 0 saturated carbocycles. The molecule has 4 nitrogen and oxygen atoms in total. The van der Waals surface area contributed by atoms with Gasteiger partial charge in [-0.05, 0) is 38.0 Å². The van der Waals surface area contributed by atoms with E-state index in [0.717, 1.165) is 22.2 Å². The van der Waals surface area contributed by atoms with Gasteiger partial charge in [0.25, 0.3) is 5.56 Å². The number of benzene rings is 2. The van der Waals surface area contributed by atoms with Crippen molar-refractivity contribution in [2.45, 2.75) is 33.2 Å². The highest BCUT2D eigenvalue weighted by atomic mass is 32.1. The first-order valence-corrected chi connectivity index (χ1v) is 9.88. The zero-order valence-electron chi connectivity index (χ0n) is 15.5. The highest BCUT2D eigenvalue weighted by Crippen LogP contribution is 2.28. The molecule has 0 aliphatic heterocycles. The third kappa shape index (κ3) is 2.79. The molecule has 1 atom stereocenters. The molecule has 0 bridgehead atoms. The van der Waals surface area contributed by atoms with Crippen LogP contribution in [-0.2, 0) is 0 Å². The SMILES string of the molecule is CC[C@@H](C)n1c(-c2ccccc2C)nc2sc3ccccc3c(=O)c2c1=O. The van der Waals surface area contributed by atoms with E-state index in [4.69, 9.17) is 4.98 Å². The molecule has 2 aromatic heterocycles. The van der Waals surface area contributed by atoms with Gasteiger partial charge in [0.05, 0.1) is 0 Å². The van der Waals surface area contributed by atoms with Crippen LogP contribution < -0.4 is 11.0 Å². The number of hydrogen-bond acceptors (Lipinski definition) is 4. The summed E-state index contributed by atoms with van der Waals surface area (Å²) in [6.45, 7) is 6.03. The second-order valence-corrected chi connectivity index (χ2v) is 7.82. The summed E-state index contributed by atoms with van der Waals surface area (Å²) in [5, 5.41) is 0.768. The summed E-state index contributed by atoms with van der Waals surface area (Å²) in [5.41, 5.74) is 1.49. The van der Waals surface area contributed by atoms with Crippen LogP contribution in [0.2, 0.25) is 0 Å². The van der Waals surface area contributed by atoms with Crippen LogP contribution in [0.3, 0.4) is 0 Å². The van der Waals surface area contributed by atoms with Gasteiger partial charge in [-0.15, -0.1) is 11.3 Å². The Hall–Kier alpha value is -2.79. The van der Waals surface area contributed by atoms with Gasteiger partial charge >= 0.3 is 0 Å². The van der Waals surface area contributed by atoms with Gasteiger partial charge in [0, 0.05) is 21.7 Å². The lowest BCUT2D eigenvalue weighted by Crippen LogP contribution is -2.29. The summed E-state index contributed by atoms with van der Waals surface area (Å²) in [7, 11) is 0. The van der Waals surface area contributed by atoms with Crippen molar-refractivity contribution in [3.63, 3.8) is 0 Å². The van der Waals surface area contributed by atoms with Gasteiger partial charge in [0.1, 0.15) is 16.0 Å². The smallest absolute Gasteiger partial charge is 0.266 e. The summed E-state index contributed by atoms with van der Waals surface area (Å²) in [6, 6.07) is 15.2. The molecule has 2 heterocycles. The predicted octanol–water partition coefficient (Wildman–Crippen LogP) is 4.92. The molecule has 5 heteroatoms. The number of aromatic nitrogens is 2. The molecule has 4 rings (SSSR count). The highest BCUT2D eigenvalue weighted by molar-refractivity contribution is 7.24. The molecular formula is C22H20N2O2S. The predicted molar refractivity (Wildman–Crippen MR) is 113 cm³/mol.